The predicted molar refractivity (Wildman–Crippen MR) is 81.1 cm³/mol. The van der Waals surface area contributed by atoms with Gasteiger partial charge in [0.05, 0.1) is 19.0 Å². The fourth-order valence-electron chi connectivity index (χ4n) is 2.74. The van der Waals surface area contributed by atoms with Crippen molar-refractivity contribution in [1.29, 1.82) is 0 Å². The van der Waals surface area contributed by atoms with Crippen LogP contribution in [0.3, 0.4) is 0 Å². The van der Waals surface area contributed by atoms with Crippen molar-refractivity contribution in [3.63, 3.8) is 0 Å². The summed E-state index contributed by atoms with van der Waals surface area (Å²) >= 11 is 0. The van der Waals surface area contributed by atoms with E-state index in [-0.39, 0.29) is 12.1 Å². The maximum Gasteiger partial charge on any atom is 0.317 e. The number of nitrogens with one attached hydrogen (secondary N) is 1. The summed E-state index contributed by atoms with van der Waals surface area (Å²) < 4.78 is 7.11. The van der Waals surface area contributed by atoms with Crippen molar-refractivity contribution in [3.8, 4) is 0 Å². The van der Waals surface area contributed by atoms with Crippen molar-refractivity contribution in [2.24, 2.45) is 7.05 Å². The van der Waals surface area contributed by atoms with Crippen LogP contribution in [0.1, 0.15) is 24.5 Å². The normalized spacial score (nSPS) is 17.5. The van der Waals surface area contributed by atoms with Gasteiger partial charge in [0.2, 0.25) is 0 Å². The standard InChI is InChI=1S/C15H24N4O2/c1-4-13(10-21-3)17-15(20)19-7-5-12(6-8-19)14-9-16-11-18(14)2/h4,9,11-13H,1,5-8,10H2,2-3H3,(H,17,20)/t13-/m1/s1. The second kappa shape index (κ2) is 7.26. The van der Waals surface area contributed by atoms with Crippen LogP contribution in [-0.4, -0.2) is 53.3 Å². The zero-order valence-electron chi connectivity index (χ0n) is 12.8. The minimum absolute atomic E-state index is 0.0413. The number of carbonyl (C=O) groups excluding carboxylic acids is 1. The van der Waals surface area contributed by atoms with E-state index in [1.807, 2.05) is 24.5 Å². The molecule has 1 aliphatic heterocycles. The van der Waals surface area contributed by atoms with E-state index in [1.165, 1.54) is 5.69 Å². The van der Waals surface area contributed by atoms with Gasteiger partial charge in [0.25, 0.3) is 0 Å². The zero-order valence-corrected chi connectivity index (χ0v) is 12.8. The van der Waals surface area contributed by atoms with Crippen LogP contribution in [0.5, 0.6) is 0 Å². The number of urea groups is 1. The van der Waals surface area contributed by atoms with E-state index in [0.717, 1.165) is 25.9 Å². The molecule has 1 aliphatic rings. The number of methoxy groups -OCH3 is 1. The van der Waals surface area contributed by atoms with Gasteiger partial charge in [-0.15, -0.1) is 6.58 Å². The van der Waals surface area contributed by atoms with Crippen LogP contribution in [0.25, 0.3) is 0 Å². The van der Waals surface area contributed by atoms with Crippen LogP contribution in [0.15, 0.2) is 25.2 Å². The number of imidazole rings is 1. The molecule has 21 heavy (non-hydrogen) atoms. The molecule has 0 bridgehead atoms. The molecule has 6 nitrogen and oxygen atoms in total. The fraction of sp³-hybridized carbons (Fsp3) is 0.600. The lowest BCUT2D eigenvalue weighted by molar-refractivity contribution is 0.158. The van der Waals surface area contributed by atoms with E-state index in [4.69, 9.17) is 4.74 Å². The van der Waals surface area contributed by atoms with Gasteiger partial charge < -0.3 is 19.5 Å². The second-order valence-corrected chi connectivity index (χ2v) is 5.44. The summed E-state index contributed by atoms with van der Waals surface area (Å²) in [4.78, 5) is 18.2. The molecule has 0 aliphatic carbocycles. The topological polar surface area (TPSA) is 59.4 Å². The highest BCUT2D eigenvalue weighted by molar-refractivity contribution is 5.74. The maximum atomic E-state index is 12.2. The first-order valence-electron chi connectivity index (χ1n) is 7.28. The molecule has 2 heterocycles. The largest absolute Gasteiger partial charge is 0.382 e. The summed E-state index contributed by atoms with van der Waals surface area (Å²) in [6.07, 6.45) is 7.39. The summed E-state index contributed by atoms with van der Waals surface area (Å²) in [6, 6.07) is -0.183. The van der Waals surface area contributed by atoms with Gasteiger partial charge in [0, 0.05) is 45.1 Å². The summed E-state index contributed by atoms with van der Waals surface area (Å²) in [7, 11) is 3.63. The summed E-state index contributed by atoms with van der Waals surface area (Å²) in [6.45, 7) is 5.68. The Labute approximate surface area is 125 Å². The number of ether oxygens (including phenoxy) is 1. The molecule has 6 heteroatoms. The number of piperidine rings is 1. The molecule has 1 aromatic rings. The lowest BCUT2D eigenvalue weighted by atomic mass is 9.94. The van der Waals surface area contributed by atoms with Gasteiger partial charge in [-0.05, 0) is 12.8 Å². The first-order chi connectivity index (χ1) is 10.2. The Morgan fingerprint density at radius 3 is 2.86 bits per heavy atom. The monoisotopic (exact) mass is 292 g/mol. The summed E-state index contributed by atoms with van der Waals surface area (Å²) in [5.74, 6) is 0.482. The Morgan fingerprint density at radius 1 is 1.62 bits per heavy atom. The van der Waals surface area contributed by atoms with Crippen LogP contribution >= 0.6 is 0 Å². The minimum atomic E-state index is -0.141. The average Bonchev–Trinajstić information content (AvgIpc) is 2.93. The number of aromatic nitrogens is 2. The average molecular weight is 292 g/mol. The summed E-state index contributed by atoms with van der Waals surface area (Å²) in [5.41, 5.74) is 1.25. The molecule has 0 radical (unpaired) electrons. The van der Waals surface area contributed by atoms with Crippen molar-refractivity contribution in [2.45, 2.75) is 24.8 Å². The third-order valence-corrected chi connectivity index (χ3v) is 3.99. The van der Waals surface area contributed by atoms with Crippen molar-refractivity contribution in [2.75, 3.05) is 26.8 Å². The first-order valence-corrected chi connectivity index (χ1v) is 7.28. The quantitative estimate of drug-likeness (QED) is 0.837. The lowest BCUT2D eigenvalue weighted by Crippen LogP contribution is -2.48. The van der Waals surface area contributed by atoms with Crippen molar-refractivity contribution >= 4 is 6.03 Å². The third-order valence-electron chi connectivity index (χ3n) is 3.99. The number of likely N-dealkylation sites (tertiary alicyclic amines) is 1. The Morgan fingerprint density at radius 2 is 2.33 bits per heavy atom. The lowest BCUT2D eigenvalue weighted by Gasteiger charge is -2.32. The highest BCUT2D eigenvalue weighted by Gasteiger charge is 2.25. The first kappa shape index (κ1) is 15.6. The number of carbonyl (C=O) groups is 1. The minimum Gasteiger partial charge on any atom is -0.382 e. The molecular formula is C15H24N4O2. The molecule has 1 saturated heterocycles. The Hall–Kier alpha value is -1.82. The van der Waals surface area contributed by atoms with Crippen LogP contribution in [0.4, 0.5) is 4.79 Å². The number of amides is 2. The molecule has 0 aromatic carbocycles. The number of rotatable bonds is 5. The molecule has 2 rings (SSSR count). The second-order valence-electron chi connectivity index (χ2n) is 5.44. The molecule has 116 valence electrons. The van der Waals surface area contributed by atoms with Crippen LogP contribution in [0.2, 0.25) is 0 Å². The smallest absolute Gasteiger partial charge is 0.317 e. The van der Waals surface area contributed by atoms with Gasteiger partial charge in [-0.2, -0.15) is 0 Å². The SMILES string of the molecule is C=C[C@H](COC)NC(=O)N1CCC(c2cncn2C)CC1. The maximum absolute atomic E-state index is 12.2. The number of aryl methyl sites for hydroxylation is 1. The molecule has 1 aromatic heterocycles. The predicted octanol–water partition coefficient (Wildman–Crippen LogP) is 1.51. The van der Waals surface area contributed by atoms with Crippen molar-refractivity contribution < 1.29 is 9.53 Å². The molecule has 1 atom stereocenters. The molecule has 1 fully saturated rings. The van der Waals surface area contributed by atoms with Gasteiger partial charge in [0.15, 0.2) is 0 Å². The molecular weight excluding hydrogens is 268 g/mol. The molecule has 2 amide bonds. The Balaban J connectivity index is 1.84. The molecule has 0 saturated carbocycles. The van der Waals surface area contributed by atoms with E-state index in [1.54, 1.807) is 13.2 Å². The molecule has 0 unspecified atom stereocenters. The van der Waals surface area contributed by atoms with Crippen LogP contribution in [0, 0.1) is 0 Å². The van der Waals surface area contributed by atoms with Gasteiger partial charge in [-0.1, -0.05) is 6.08 Å². The molecule has 1 N–H and O–H groups in total. The van der Waals surface area contributed by atoms with E-state index in [0.29, 0.717) is 12.5 Å². The third kappa shape index (κ3) is 3.85. The van der Waals surface area contributed by atoms with Gasteiger partial charge >= 0.3 is 6.03 Å². The zero-order chi connectivity index (χ0) is 15.2. The van der Waals surface area contributed by atoms with Crippen molar-refractivity contribution in [3.05, 3.63) is 30.9 Å². The number of nitrogens with zero attached hydrogens (tertiary/aromatic N) is 3. The van der Waals surface area contributed by atoms with E-state index >= 15 is 0 Å². The number of hydrogen-bond donors (Lipinski definition) is 1. The number of hydrogen-bond acceptors (Lipinski definition) is 3. The van der Waals surface area contributed by atoms with E-state index in [9.17, 15) is 4.79 Å². The summed E-state index contributed by atoms with van der Waals surface area (Å²) in [5, 5.41) is 2.92. The molecule has 0 spiro atoms. The van der Waals surface area contributed by atoms with Gasteiger partial charge in [0.1, 0.15) is 0 Å². The van der Waals surface area contributed by atoms with Crippen LogP contribution in [-0.2, 0) is 11.8 Å². The fourth-order valence-corrected chi connectivity index (χ4v) is 2.74. The van der Waals surface area contributed by atoms with E-state index in [2.05, 4.69) is 21.4 Å². The van der Waals surface area contributed by atoms with Crippen LogP contribution < -0.4 is 5.32 Å². The van der Waals surface area contributed by atoms with Crippen molar-refractivity contribution in [1.82, 2.24) is 19.8 Å². The van der Waals surface area contributed by atoms with Gasteiger partial charge in [-0.3, -0.25) is 0 Å². The highest BCUT2D eigenvalue weighted by atomic mass is 16.5. The Kier molecular flexibility index (Phi) is 5.38. The Bertz CT molecular complexity index is 478. The highest BCUT2D eigenvalue weighted by Crippen LogP contribution is 2.27. The van der Waals surface area contributed by atoms with E-state index < -0.39 is 0 Å². The van der Waals surface area contributed by atoms with Gasteiger partial charge in [-0.25, -0.2) is 9.78 Å².